The molecule has 23 heavy (non-hydrogen) atoms. The largest absolute Gasteiger partial charge is 0.330 e. The van der Waals surface area contributed by atoms with E-state index in [9.17, 15) is 4.79 Å². The molecule has 2 aromatic heterocycles. The van der Waals surface area contributed by atoms with Crippen molar-refractivity contribution >= 4 is 23.2 Å². The molecule has 0 unspecified atom stereocenters. The number of carbonyl (C=O) groups is 1. The molecule has 0 spiro atoms. The lowest BCUT2D eigenvalue weighted by atomic mass is 10.4. The van der Waals surface area contributed by atoms with Crippen LogP contribution in [0.25, 0.3) is 5.69 Å². The second-order valence-electron chi connectivity index (χ2n) is 4.66. The summed E-state index contributed by atoms with van der Waals surface area (Å²) in [7, 11) is 0. The van der Waals surface area contributed by atoms with Crippen LogP contribution in [0.2, 0.25) is 5.15 Å². The molecule has 2 rings (SSSR count). The number of likely N-dealkylation sites (N-methyl/N-ethyl adjacent to an activating group) is 1. The molecule has 0 aliphatic carbocycles. The Bertz CT molecular complexity index is 686. The van der Waals surface area contributed by atoms with E-state index in [0.717, 1.165) is 5.69 Å². The van der Waals surface area contributed by atoms with E-state index in [-0.39, 0.29) is 17.6 Å². The summed E-state index contributed by atoms with van der Waals surface area (Å²) >= 11 is 6.20. The summed E-state index contributed by atoms with van der Waals surface area (Å²) in [6.45, 7) is 2.31. The topological polar surface area (TPSA) is 108 Å². The van der Waals surface area contributed by atoms with Crippen LogP contribution < -0.4 is 16.5 Å². The third-order valence-corrected chi connectivity index (χ3v) is 3.35. The van der Waals surface area contributed by atoms with Gasteiger partial charge in [0.25, 0.3) is 0 Å². The summed E-state index contributed by atoms with van der Waals surface area (Å²) in [6.07, 6.45) is 8.05. The first-order chi connectivity index (χ1) is 11.1. The highest BCUT2D eigenvalue weighted by molar-refractivity contribution is 6.32. The standard InChI is InChI=1S/C14H18ClN7O/c1-2-21(13(23)10-20(17)7-5-16)12-9-22(19-14(12)15)11-4-3-6-18-8-11/h3-9H,2,10,16-17H2,1H3/p+1/b7-5-. The Balaban J connectivity index is 2.25. The smallest absolute Gasteiger partial charge is 0.248 e. The maximum absolute atomic E-state index is 12.4. The summed E-state index contributed by atoms with van der Waals surface area (Å²) in [5, 5.41) is 5.72. The first-order valence-electron chi connectivity index (χ1n) is 7.00. The molecule has 0 radical (unpaired) electrons. The minimum absolute atomic E-state index is 0.00820. The van der Waals surface area contributed by atoms with Crippen LogP contribution in [0.4, 0.5) is 5.69 Å². The number of nitrogens with two attached hydrogens (primary N) is 1. The number of hydrogen-bond acceptors (Lipinski definition) is 5. The second kappa shape index (κ2) is 7.73. The van der Waals surface area contributed by atoms with Gasteiger partial charge in [-0.25, -0.2) is 10.5 Å². The highest BCUT2D eigenvalue weighted by atomic mass is 35.5. The molecule has 0 aromatic carbocycles. The predicted octanol–water partition coefficient (Wildman–Crippen LogP) is 0.162. The van der Waals surface area contributed by atoms with Crippen LogP contribution in [0.15, 0.2) is 43.1 Å². The molecule has 0 atom stereocenters. The fraction of sp³-hybridized carbons (Fsp3) is 0.214. The Morgan fingerprint density at radius 2 is 2.35 bits per heavy atom. The van der Waals surface area contributed by atoms with Crippen molar-refractivity contribution in [1.29, 1.82) is 0 Å². The molecule has 0 saturated carbocycles. The molecule has 0 fully saturated rings. The van der Waals surface area contributed by atoms with Crippen molar-refractivity contribution in [2.75, 3.05) is 18.0 Å². The van der Waals surface area contributed by atoms with Gasteiger partial charge in [-0.05, 0) is 19.1 Å². The van der Waals surface area contributed by atoms with Gasteiger partial charge in [0.05, 0.1) is 24.3 Å². The minimum atomic E-state index is -0.194. The predicted molar refractivity (Wildman–Crippen MR) is 87.3 cm³/mol. The Hall–Kier alpha value is -2.42. The van der Waals surface area contributed by atoms with Crippen LogP contribution in [0.3, 0.4) is 0 Å². The molecule has 9 heteroatoms. The van der Waals surface area contributed by atoms with Crippen LogP contribution in [0.5, 0.6) is 0 Å². The van der Waals surface area contributed by atoms with E-state index < -0.39 is 0 Å². The van der Waals surface area contributed by atoms with Gasteiger partial charge in [0.2, 0.25) is 5.91 Å². The average molecular weight is 337 g/mol. The number of anilines is 1. The van der Waals surface area contributed by atoms with Crippen LogP contribution in [0.1, 0.15) is 6.92 Å². The van der Waals surface area contributed by atoms with Gasteiger partial charge < -0.3 is 15.6 Å². The summed E-state index contributed by atoms with van der Waals surface area (Å²) in [4.78, 5) is 18.0. The van der Waals surface area contributed by atoms with Crippen molar-refractivity contribution < 1.29 is 10.5 Å². The maximum Gasteiger partial charge on any atom is 0.248 e. The zero-order valence-corrected chi connectivity index (χ0v) is 13.5. The van der Waals surface area contributed by atoms with Gasteiger partial charge in [-0.2, -0.15) is 5.10 Å². The third kappa shape index (κ3) is 4.07. The fourth-order valence-electron chi connectivity index (χ4n) is 2.06. The van der Waals surface area contributed by atoms with Crippen molar-refractivity contribution in [2.24, 2.45) is 5.84 Å². The number of rotatable bonds is 6. The number of quaternary nitrogens is 1. The van der Waals surface area contributed by atoms with Crippen molar-refractivity contribution in [2.45, 2.75) is 6.92 Å². The van der Waals surface area contributed by atoms with E-state index in [1.165, 1.54) is 22.3 Å². The molecule has 5 N–H and O–H groups in total. The van der Waals surface area contributed by atoms with Gasteiger partial charge >= 0.3 is 0 Å². The van der Waals surface area contributed by atoms with Gasteiger partial charge in [-0.1, -0.05) is 11.6 Å². The van der Waals surface area contributed by atoms with Gasteiger partial charge in [-0.15, -0.1) is 0 Å². The van der Waals surface area contributed by atoms with E-state index in [0.29, 0.717) is 12.2 Å². The molecular weight excluding hydrogens is 318 g/mol. The van der Waals surface area contributed by atoms with Crippen LogP contribution >= 0.6 is 11.6 Å². The van der Waals surface area contributed by atoms with E-state index in [2.05, 4.69) is 15.8 Å². The van der Waals surface area contributed by atoms with Crippen molar-refractivity contribution in [1.82, 2.24) is 19.8 Å². The highest BCUT2D eigenvalue weighted by Crippen LogP contribution is 2.26. The SMILES string of the molecule is CCN(C(=O)CN(N)/C=C\[NH3+])c1cn(-c2cccnc2)nc1Cl. The van der Waals surface area contributed by atoms with Gasteiger partial charge in [0.1, 0.15) is 18.4 Å². The molecule has 8 nitrogen and oxygen atoms in total. The van der Waals surface area contributed by atoms with Crippen molar-refractivity contribution in [3.05, 3.63) is 48.3 Å². The molecule has 1 amide bonds. The number of carbonyl (C=O) groups excluding carboxylic acids is 1. The molecule has 2 heterocycles. The number of halogens is 1. The lowest BCUT2D eigenvalue weighted by Crippen LogP contribution is -2.44. The Morgan fingerprint density at radius 3 is 2.96 bits per heavy atom. The van der Waals surface area contributed by atoms with Crippen LogP contribution in [-0.2, 0) is 4.79 Å². The third-order valence-electron chi connectivity index (χ3n) is 3.08. The van der Waals surface area contributed by atoms with Gasteiger partial charge in [0, 0.05) is 12.7 Å². The molecule has 0 saturated heterocycles. The molecule has 0 aliphatic rings. The Morgan fingerprint density at radius 1 is 1.57 bits per heavy atom. The minimum Gasteiger partial charge on any atom is -0.330 e. The normalized spacial score (nSPS) is 11.0. The Kier molecular flexibility index (Phi) is 5.69. The van der Waals surface area contributed by atoms with Crippen LogP contribution in [0, 0.1) is 0 Å². The lowest BCUT2D eigenvalue weighted by Gasteiger charge is -2.22. The van der Waals surface area contributed by atoms with E-state index >= 15 is 0 Å². The maximum atomic E-state index is 12.4. The number of nitrogens with zero attached hydrogens (tertiary/aromatic N) is 5. The van der Waals surface area contributed by atoms with E-state index in [1.807, 2.05) is 13.0 Å². The van der Waals surface area contributed by atoms with Crippen molar-refractivity contribution in [3.8, 4) is 5.69 Å². The lowest BCUT2D eigenvalue weighted by molar-refractivity contribution is -0.276. The fourth-order valence-corrected chi connectivity index (χ4v) is 2.29. The molecule has 2 aromatic rings. The quantitative estimate of drug-likeness (QED) is 0.577. The molecule has 0 aliphatic heterocycles. The number of pyridine rings is 1. The summed E-state index contributed by atoms with van der Waals surface area (Å²) in [5.41, 5.74) is 4.82. The zero-order valence-electron chi connectivity index (χ0n) is 12.8. The first kappa shape index (κ1) is 16.9. The molecule has 122 valence electrons. The monoisotopic (exact) mass is 336 g/mol. The number of aromatic nitrogens is 3. The van der Waals surface area contributed by atoms with Gasteiger partial charge in [-0.3, -0.25) is 9.78 Å². The van der Waals surface area contributed by atoms with E-state index in [1.54, 1.807) is 29.3 Å². The summed E-state index contributed by atoms with van der Waals surface area (Å²) in [5.74, 6) is 5.49. The number of hydrogen-bond donors (Lipinski definition) is 2. The summed E-state index contributed by atoms with van der Waals surface area (Å²) in [6, 6.07) is 3.64. The average Bonchev–Trinajstić information content (AvgIpc) is 2.91. The van der Waals surface area contributed by atoms with Crippen molar-refractivity contribution in [3.63, 3.8) is 0 Å². The Labute approximate surface area is 138 Å². The highest BCUT2D eigenvalue weighted by Gasteiger charge is 2.21. The molecule has 0 bridgehead atoms. The zero-order chi connectivity index (χ0) is 16.8. The second-order valence-corrected chi connectivity index (χ2v) is 5.01. The van der Waals surface area contributed by atoms with Gasteiger partial charge in [0.15, 0.2) is 5.15 Å². The number of hydrazine groups is 1. The van der Waals surface area contributed by atoms with Crippen LogP contribution in [-0.4, -0.2) is 38.8 Å². The first-order valence-corrected chi connectivity index (χ1v) is 7.37. The van der Waals surface area contributed by atoms with E-state index in [4.69, 9.17) is 17.4 Å². The summed E-state index contributed by atoms with van der Waals surface area (Å²) < 4.78 is 1.58. The number of amides is 1. The molecular formula is C14H19ClN7O+.